The first-order valence-corrected chi connectivity index (χ1v) is 6.21. The molecule has 0 atom stereocenters. The van der Waals surface area contributed by atoms with Gasteiger partial charge in [-0.15, -0.1) is 0 Å². The molecule has 1 aromatic carbocycles. The summed E-state index contributed by atoms with van der Waals surface area (Å²) < 4.78 is 15.7. The van der Waals surface area contributed by atoms with E-state index >= 15 is 0 Å². The van der Waals surface area contributed by atoms with Gasteiger partial charge in [-0.25, -0.2) is 0 Å². The maximum Gasteiger partial charge on any atom is 0.188 e. The SMILES string of the molecule is CCCCCCOc1ccc(OCOC)cc1. The lowest BCUT2D eigenvalue weighted by molar-refractivity contribution is 0.0511. The van der Waals surface area contributed by atoms with Crippen molar-refractivity contribution in [1.82, 2.24) is 0 Å². The molecule has 3 nitrogen and oxygen atoms in total. The third kappa shape index (κ3) is 6.17. The van der Waals surface area contributed by atoms with Crippen molar-refractivity contribution in [2.24, 2.45) is 0 Å². The molecule has 0 aliphatic heterocycles. The van der Waals surface area contributed by atoms with Crippen LogP contribution >= 0.6 is 0 Å². The summed E-state index contributed by atoms with van der Waals surface area (Å²) in [6, 6.07) is 7.62. The number of hydrogen-bond donors (Lipinski definition) is 0. The molecule has 0 N–H and O–H groups in total. The molecule has 0 radical (unpaired) electrons. The molecule has 1 rings (SSSR count). The van der Waals surface area contributed by atoms with Crippen LogP contribution in [0.5, 0.6) is 11.5 Å². The van der Waals surface area contributed by atoms with Gasteiger partial charge in [0, 0.05) is 7.11 Å². The Balaban J connectivity index is 2.20. The third-order valence-corrected chi connectivity index (χ3v) is 2.43. The fourth-order valence-electron chi connectivity index (χ4n) is 1.48. The lowest BCUT2D eigenvalue weighted by Gasteiger charge is -2.07. The third-order valence-electron chi connectivity index (χ3n) is 2.43. The molecule has 0 fully saturated rings. The molecule has 3 heteroatoms. The molecular formula is C14H22O3. The molecule has 0 saturated heterocycles. The van der Waals surface area contributed by atoms with E-state index in [1.165, 1.54) is 19.3 Å². The lowest BCUT2D eigenvalue weighted by atomic mass is 10.2. The first-order chi connectivity index (χ1) is 8.36. The van der Waals surface area contributed by atoms with Crippen molar-refractivity contribution in [3.63, 3.8) is 0 Å². The quantitative estimate of drug-likeness (QED) is 0.485. The van der Waals surface area contributed by atoms with Crippen LogP contribution in [0.15, 0.2) is 24.3 Å². The fraction of sp³-hybridized carbons (Fsp3) is 0.571. The van der Waals surface area contributed by atoms with Gasteiger partial charge in [0.25, 0.3) is 0 Å². The zero-order valence-electron chi connectivity index (χ0n) is 10.8. The molecule has 0 heterocycles. The molecule has 0 aliphatic rings. The van der Waals surface area contributed by atoms with Crippen molar-refractivity contribution in [3.05, 3.63) is 24.3 Å². The highest BCUT2D eigenvalue weighted by Gasteiger charge is 1.96. The van der Waals surface area contributed by atoms with Gasteiger partial charge < -0.3 is 14.2 Å². The summed E-state index contributed by atoms with van der Waals surface area (Å²) >= 11 is 0. The Hall–Kier alpha value is -1.22. The predicted molar refractivity (Wildman–Crippen MR) is 68.6 cm³/mol. The second kappa shape index (κ2) is 8.88. The van der Waals surface area contributed by atoms with Crippen molar-refractivity contribution < 1.29 is 14.2 Å². The van der Waals surface area contributed by atoms with E-state index in [1.807, 2.05) is 24.3 Å². The fourth-order valence-corrected chi connectivity index (χ4v) is 1.48. The van der Waals surface area contributed by atoms with Gasteiger partial charge in [-0.2, -0.15) is 0 Å². The van der Waals surface area contributed by atoms with Crippen LogP contribution in [0.3, 0.4) is 0 Å². The van der Waals surface area contributed by atoms with Gasteiger partial charge >= 0.3 is 0 Å². The van der Waals surface area contributed by atoms with Crippen LogP contribution in [0.4, 0.5) is 0 Å². The zero-order valence-corrected chi connectivity index (χ0v) is 10.8. The van der Waals surface area contributed by atoms with Crippen LogP contribution in [-0.2, 0) is 4.74 Å². The van der Waals surface area contributed by atoms with Crippen LogP contribution in [-0.4, -0.2) is 20.5 Å². The molecule has 96 valence electrons. The molecule has 0 spiro atoms. The summed E-state index contributed by atoms with van der Waals surface area (Å²) in [4.78, 5) is 0. The Labute approximate surface area is 104 Å². The summed E-state index contributed by atoms with van der Waals surface area (Å²) in [5.74, 6) is 1.69. The van der Waals surface area contributed by atoms with Crippen LogP contribution in [0.25, 0.3) is 0 Å². The minimum absolute atomic E-state index is 0.275. The highest BCUT2D eigenvalue weighted by atomic mass is 16.7. The molecule has 0 amide bonds. The first-order valence-electron chi connectivity index (χ1n) is 6.21. The van der Waals surface area contributed by atoms with E-state index in [0.29, 0.717) is 0 Å². The van der Waals surface area contributed by atoms with E-state index in [-0.39, 0.29) is 6.79 Å². The van der Waals surface area contributed by atoms with Crippen LogP contribution in [0, 0.1) is 0 Å². The van der Waals surface area contributed by atoms with Crippen LogP contribution in [0.2, 0.25) is 0 Å². The minimum atomic E-state index is 0.275. The van der Waals surface area contributed by atoms with Gasteiger partial charge in [0.1, 0.15) is 11.5 Å². The number of methoxy groups -OCH3 is 1. The zero-order chi connectivity index (χ0) is 12.3. The Morgan fingerprint density at radius 1 is 0.882 bits per heavy atom. The van der Waals surface area contributed by atoms with E-state index in [0.717, 1.165) is 24.5 Å². The van der Waals surface area contributed by atoms with Crippen molar-refractivity contribution >= 4 is 0 Å². The average molecular weight is 238 g/mol. The van der Waals surface area contributed by atoms with Gasteiger partial charge in [0.05, 0.1) is 6.61 Å². The van der Waals surface area contributed by atoms with E-state index in [9.17, 15) is 0 Å². The number of unbranched alkanes of at least 4 members (excludes halogenated alkanes) is 3. The van der Waals surface area contributed by atoms with E-state index < -0.39 is 0 Å². The van der Waals surface area contributed by atoms with Gasteiger partial charge in [0.15, 0.2) is 6.79 Å². The highest BCUT2D eigenvalue weighted by Crippen LogP contribution is 2.17. The van der Waals surface area contributed by atoms with E-state index in [4.69, 9.17) is 14.2 Å². The van der Waals surface area contributed by atoms with Gasteiger partial charge in [-0.3, -0.25) is 0 Å². The number of benzene rings is 1. The molecule has 0 bridgehead atoms. The second-order valence-corrected chi connectivity index (χ2v) is 3.93. The molecular weight excluding hydrogens is 216 g/mol. The molecule has 0 unspecified atom stereocenters. The van der Waals surface area contributed by atoms with Gasteiger partial charge in [-0.1, -0.05) is 26.2 Å². The summed E-state index contributed by atoms with van der Waals surface area (Å²) in [6.45, 7) is 3.27. The highest BCUT2D eigenvalue weighted by molar-refractivity contribution is 5.31. The molecule has 1 aromatic rings. The largest absolute Gasteiger partial charge is 0.494 e. The molecule has 0 saturated carbocycles. The molecule has 0 aliphatic carbocycles. The number of hydrogen-bond acceptors (Lipinski definition) is 3. The topological polar surface area (TPSA) is 27.7 Å². The first kappa shape index (κ1) is 13.8. The lowest BCUT2D eigenvalue weighted by Crippen LogP contribution is -1.99. The second-order valence-electron chi connectivity index (χ2n) is 3.93. The van der Waals surface area contributed by atoms with Crippen molar-refractivity contribution in [2.75, 3.05) is 20.5 Å². The maximum absolute atomic E-state index is 5.63. The summed E-state index contributed by atoms with van der Waals surface area (Å²) in [5, 5.41) is 0. The summed E-state index contributed by atoms with van der Waals surface area (Å²) in [7, 11) is 1.60. The standard InChI is InChI=1S/C14H22O3/c1-3-4-5-6-11-16-13-7-9-14(10-8-13)17-12-15-2/h7-10H,3-6,11-12H2,1-2H3. The van der Waals surface area contributed by atoms with E-state index in [2.05, 4.69) is 6.92 Å². The summed E-state index contributed by atoms with van der Waals surface area (Å²) in [6.07, 6.45) is 4.90. The Morgan fingerprint density at radius 2 is 1.53 bits per heavy atom. The van der Waals surface area contributed by atoms with E-state index in [1.54, 1.807) is 7.11 Å². The summed E-state index contributed by atoms with van der Waals surface area (Å²) in [5.41, 5.74) is 0. The van der Waals surface area contributed by atoms with Crippen molar-refractivity contribution in [1.29, 1.82) is 0 Å². The van der Waals surface area contributed by atoms with Crippen LogP contribution < -0.4 is 9.47 Å². The molecule has 0 aromatic heterocycles. The van der Waals surface area contributed by atoms with Gasteiger partial charge in [0.2, 0.25) is 0 Å². The molecule has 17 heavy (non-hydrogen) atoms. The minimum Gasteiger partial charge on any atom is -0.494 e. The van der Waals surface area contributed by atoms with Crippen molar-refractivity contribution in [3.8, 4) is 11.5 Å². The monoisotopic (exact) mass is 238 g/mol. The van der Waals surface area contributed by atoms with Crippen LogP contribution in [0.1, 0.15) is 32.6 Å². The Morgan fingerprint density at radius 3 is 2.12 bits per heavy atom. The number of ether oxygens (including phenoxy) is 3. The number of rotatable bonds is 9. The average Bonchev–Trinajstić information content (AvgIpc) is 2.37. The van der Waals surface area contributed by atoms with Crippen molar-refractivity contribution in [2.45, 2.75) is 32.6 Å². The maximum atomic E-state index is 5.63. The predicted octanol–water partition coefficient (Wildman–Crippen LogP) is 3.63. The Bertz CT molecular complexity index is 282. The Kier molecular flexibility index (Phi) is 7.23. The smallest absolute Gasteiger partial charge is 0.188 e. The van der Waals surface area contributed by atoms with Gasteiger partial charge in [-0.05, 0) is 30.7 Å². The normalized spacial score (nSPS) is 10.2.